The summed E-state index contributed by atoms with van der Waals surface area (Å²) >= 11 is 1.12. The fraction of sp³-hybridized carbons (Fsp3) is 0.200. The summed E-state index contributed by atoms with van der Waals surface area (Å²) in [4.78, 5) is 25.0. The van der Waals surface area contributed by atoms with Crippen LogP contribution in [0.2, 0.25) is 0 Å². The molecule has 0 atom stereocenters. The van der Waals surface area contributed by atoms with E-state index in [1.54, 1.807) is 54.0 Å². The molecule has 0 saturated heterocycles. The molecular formula is C25H25N3O4S2. The largest absolute Gasteiger partial charge is 0.322 e. The summed E-state index contributed by atoms with van der Waals surface area (Å²) in [7, 11) is -3.90. The summed E-state index contributed by atoms with van der Waals surface area (Å²) in [6.45, 7) is 8.03. The van der Waals surface area contributed by atoms with Crippen molar-refractivity contribution < 1.29 is 13.2 Å². The number of sulfonamides is 1. The molecule has 1 heterocycles. The van der Waals surface area contributed by atoms with E-state index in [2.05, 4.69) is 10.0 Å². The van der Waals surface area contributed by atoms with Crippen molar-refractivity contribution in [3.8, 4) is 0 Å². The van der Waals surface area contributed by atoms with Gasteiger partial charge < -0.3 is 5.32 Å². The van der Waals surface area contributed by atoms with Crippen molar-refractivity contribution in [2.24, 2.45) is 0 Å². The van der Waals surface area contributed by atoms with Crippen LogP contribution in [0.1, 0.15) is 34.0 Å². The fourth-order valence-electron chi connectivity index (χ4n) is 3.69. The quantitative estimate of drug-likeness (QED) is 0.391. The number of rotatable bonds is 6. The van der Waals surface area contributed by atoms with Crippen LogP contribution in [0.25, 0.3) is 10.2 Å². The molecule has 176 valence electrons. The van der Waals surface area contributed by atoms with Gasteiger partial charge in [0.05, 0.1) is 15.1 Å². The highest BCUT2D eigenvalue weighted by Gasteiger charge is 2.20. The topological polar surface area (TPSA) is 97.3 Å². The highest BCUT2D eigenvalue weighted by atomic mass is 32.2. The summed E-state index contributed by atoms with van der Waals surface area (Å²) in [6, 6.07) is 15.2. The van der Waals surface area contributed by atoms with Crippen molar-refractivity contribution in [1.29, 1.82) is 0 Å². The van der Waals surface area contributed by atoms with Crippen LogP contribution in [-0.4, -0.2) is 18.9 Å². The number of nitrogens with one attached hydrogen (secondary N) is 2. The molecule has 7 nitrogen and oxygen atoms in total. The van der Waals surface area contributed by atoms with Gasteiger partial charge in [-0.2, -0.15) is 0 Å². The summed E-state index contributed by atoms with van der Waals surface area (Å²) in [5.41, 5.74) is 4.59. The van der Waals surface area contributed by atoms with Crippen molar-refractivity contribution in [2.45, 2.75) is 39.1 Å². The summed E-state index contributed by atoms with van der Waals surface area (Å²) in [6.07, 6.45) is 0. The second kappa shape index (κ2) is 9.08. The summed E-state index contributed by atoms with van der Waals surface area (Å²) < 4.78 is 31.2. The van der Waals surface area contributed by atoms with Gasteiger partial charge in [0.2, 0.25) is 0 Å². The average Bonchev–Trinajstić information content (AvgIpc) is 3.10. The molecule has 9 heteroatoms. The molecule has 4 rings (SSSR count). The van der Waals surface area contributed by atoms with E-state index in [4.69, 9.17) is 0 Å². The average molecular weight is 496 g/mol. The fourth-order valence-corrected chi connectivity index (χ4v) is 6.01. The molecule has 0 aliphatic heterocycles. The monoisotopic (exact) mass is 495 g/mol. The number of fused-ring (bicyclic) bond motifs is 1. The number of benzene rings is 3. The number of aryl methyl sites for hydroxylation is 4. The minimum absolute atomic E-state index is 0.0343. The molecule has 3 aromatic carbocycles. The van der Waals surface area contributed by atoms with Gasteiger partial charge in [-0.3, -0.25) is 18.9 Å². The van der Waals surface area contributed by atoms with Crippen LogP contribution in [0.5, 0.6) is 0 Å². The van der Waals surface area contributed by atoms with Gasteiger partial charge in [-0.15, -0.1) is 0 Å². The van der Waals surface area contributed by atoms with Crippen LogP contribution in [0.3, 0.4) is 0 Å². The first-order chi connectivity index (χ1) is 16.1. The lowest BCUT2D eigenvalue weighted by Crippen LogP contribution is -2.17. The van der Waals surface area contributed by atoms with E-state index in [0.29, 0.717) is 23.5 Å². The Labute approximate surface area is 202 Å². The Morgan fingerprint density at radius 3 is 2.32 bits per heavy atom. The highest BCUT2D eigenvalue weighted by Crippen LogP contribution is 2.25. The molecule has 0 fully saturated rings. The van der Waals surface area contributed by atoms with Crippen molar-refractivity contribution in [2.75, 3.05) is 10.0 Å². The second-order valence-electron chi connectivity index (χ2n) is 8.13. The predicted molar refractivity (Wildman–Crippen MR) is 138 cm³/mol. The number of carbonyl (C=O) groups excluding carboxylic acids is 1. The van der Waals surface area contributed by atoms with Crippen LogP contribution in [-0.2, 0) is 16.6 Å². The third-order valence-corrected chi connectivity index (χ3v) is 8.21. The lowest BCUT2D eigenvalue weighted by molar-refractivity contribution is 0.102. The van der Waals surface area contributed by atoms with Gasteiger partial charge in [0.15, 0.2) is 0 Å². The summed E-state index contributed by atoms with van der Waals surface area (Å²) in [5.74, 6) is -0.441. The van der Waals surface area contributed by atoms with E-state index in [-0.39, 0.29) is 15.3 Å². The number of aromatic nitrogens is 1. The highest BCUT2D eigenvalue weighted by molar-refractivity contribution is 7.92. The predicted octanol–water partition coefficient (Wildman–Crippen LogP) is 5.06. The maximum absolute atomic E-state index is 13.1. The van der Waals surface area contributed by atoms with Gasteiger partial charge in [-0.05, 0) is 86.8 Å². The first-order valence-electron chi connectivity index (χ1n) is 10.7. The maximum Gasteiger partial charge on any atom is 0.308 e. The molecule has 1 aromatic heterocycles. The molecule has 0 aliphatic carbocycles. The van der Waals surface area contributed by atoms with Crippen molar-refractivity contribution in [3.63, 3.8) is 0 Å². The molecule has 0 aliphatic rings. The van der Waals surface area contributed by atoms with Crippen LogP contribution < -0.4 is 14.9 Å². The molecule has 2 N–H and O–H groups in total. The summed E-state index contributed by atoms with van der Waals surface area (Å²) in [5, 5.41) is 2.80. The van der Waals surface area contributed by atoms with Gasteiger partial charge in [0.25, 0.3) is 15.9 Å². The maximum atomic E-state index is 13.1. The lowest BCUT2D eigenvalue weighted by atomic mass is 10.1. The number of thiazole rings is 1. The number of anilines is 2. The van der Waals surface area contributed by atoms with Crippen molar-refractivity contribution >= 4 is 48.9 Å². The molecule has 34 heavy (non-hydrogen) atoms. The minimum atomic E-state index is -3.90. The molecule has 0 bridgehead atoms. The third-order valence-electron chi connectivity index (χ3n) is 5.74. The molecule has 1 amide bonds. The molecule has 0 unspecified atom stereocenters. The van der Waals surface area contributed by atoms with E-state index in [0.717, 1.165) is 32.7 Å². The molecule has 0 radical (unpaired) electrons. The second-order valence-corrected chi connectivity index (χ2v) is 10.8. The smallest absolute Gasteiger partial charge is 0.308 e. The Morgan fingerprint density at radius 1 is 0.912 bits per heavy atom. The van der Waals surface area contributed by atoms with Gasteiger partial charge >= 0.3 is 4.87 Å². The van der Waals surface area contributed by atoms with E-state index in [9.17, 15) is 18.0 Å². The van der Waals surface area contributed by atoms with Gasteiger partial charge in [0.1, 0.15) is 0 Å². The molecular weight excluding hydrogens is 470 g/mol. The zero-order valence-corrected chi connectivity index (χ0v) is 20.9. The van der Waals surface area contributed by atoms with E-state index < -0.39 is 15.9 Å². The van der Waals surface area contributed by atoms with Crippen molar-refractivity contribution in [1.82, 2.24) is 4.57 Å². The van der Waals surface area contributed by atoms with Gasteiger partial charge in [-0.1, -0.05) is 23.5 Å². The van der Waals surface area contributed by atoms with E-state index >= 15 is 0 Å². The minimum Gasteiger partial charge on any atom is -0.322 e. The number of hydrogen-bond acceptors (Lipinski definition) is 5. The number of amides is 1. The van der Waals surface area contributed by atoms with Gasteiger partial charge in [0, 0.05) is 23.5 Å². The number of hydrogen-bond donors (Lipinski definition) is 2. The van der Waals surface area contributed by atoms with E-state index in [1.165, 1.54) is 6.07 Å². The zero-order chi connectivity index (χ0) is 24.6. The first kappa shape index (κ1) is 23.7. The van der Waals surface area contributed by atoms with Crippen LogP contribution in [0.4, 0.5) is 11.4 Å². The third kappa shape index (κ3) is 4.62. The van der Waals surface area contributed by atoms with Crippen LogP contribution >= 0.6 is 11.3 Å². The van der Waals surface area contributed by atoms with Crippen LogP contribution in [0, 0.1) is 20.8 Å². The Bertz CT molecular complexity index is 1580. The van der Waals surface area contributed by atoms with Crippen molar-refractivity contribution in [3.05, 3.63) is 86.5 Å². The standard InChI is InChI=1S/C25H25N3O4S2/c1-5-28-21-11-10-19(14-22(21)33-25(28)30)26-24(29)18-8-6-16(3)23(13-18)34(31,32)27-20-9-7-15(2)17(4)12-20/h6-14,27H,5H2,1-4H3,(H,26,29). The van der Waals surface area contributed by atoms with Gasteiger partial charge in [-0.25, -0.2) is 8.42 Å². The Hall–Kier alpha value is -3.43. The lowest BCUT2D eigenvalue weighted by Gasteiger charge is -2.13. The molecule has 0 saturated carbocycles. The Kier molecular flexibility index (Phi) is 6.33. The number of nitrogens with zero attached hydrogens (tertiary/aromatic N) is 1. The number of carbonyl (C=O) groups is 1. The Morgan fingerprint density at radius 2 is 1.62 bits per heavy atom. The Balaban J connectivity index is 1.60. The van der Waals surface area contributed by atoms with Crippen LogP contribution in [0.15, 0.2) is 64.3 Å². The first-order valence-corrected chi connectivity index (χ1v) is 13.0. The normalized spacial score (nSPS) is 11.5. The zero-order valence-electron chi connectivity index (χ0n) is 19.3. The van der Waals surface area contributed by atoms with E-state index in [1.807, 2.05) is 26.8 Å². The SMILES string of the molecule is CCn1c(=O)sc2cc(NC(=O)c3ccc(C)c(S(=O)(=O)Nc4ccc(C)c(C)c4)c3)ccc21. The molecule has 4 aromatic rings. The molecule has 0 spiro atoms.